The summed E-state index contributed by atoms with van der Waals surface area (Å²) in [4.78, 5) is 37.4. The van der Waals surface area contributed by atoms with Gasteiger partial charge in [0.05, 0.1) is 40.8 Å². The minimum Gasteiger partial charge on any atom is -0.384 e. The van der Waals surface area contributed by atoms with Gasteiger partial charge in [0.2, 0.25) is 10.0 Å². The van der Waals surface area contributed by atoms with Crippen LogP contribution in [0.15, 0.2) is 42.7 Å². The van der Waals surface area contributed by atoms with Crippen molar-refractivity contribution in [2.75, 3.05) is 22.0 Å². The number of carbonyl (C=O) groups is 2. The van der Waals surface area contributed by atoms with E-state index >= 15 is 0 Å². The highest BCUT2D eigenvalue weighted by atomic mass is 32.2. The first-order chi connectivity index (χ1) is 20.2. The molecule has 14 heteroatoms. The maximum absolute atomic E-state index is 13.4. The SMILES string of the molecule is C[C@@H](C1CC1)N1Cc2cc(-c3ccn4nc(N)c(C(=O)Nc5ccc(C(C)(C)O)nc5)c4n3)cc(NS(C)(=O)=O)c2C1=O. The third-order valence-corrected chi connectivity index (χ3v) is 8.40. The average Bonchev–Trinajstić information content (AvgIpc) is 3.64. The molecule has 4 aromatic rings. The number of carbonyl (C=O) groups excluding carboxylic acids is 2. The molecule has 1 aliphatic carbocycles. The first-order valence-electron chi connectivity index (χ1n) is 13.8. The number of sulfonamides is 1. The van der Waals surface area contributed by atoms with Gasteiger partial charge in [-0.25, -0.2) is 17.9 Å². The van der Waals surface area contributed by atoms with E-state index in [1.54, 1.807) is 49.2 Å². The number of rotatable bonds is 8. The van der Waals surface area contributed by atoms with Crippen LogP contribution in [-0.4, -0.2) is 62.1 Å². The Bertz CT molecular complexity index is 1890. The molecule has 2 aliphatic rings. The second-order valence-electron chi connectivity index (χ2n) is 11.7. The van der Waals surface area contributed by atoms with Crippen molar-refractivity contribution >= 4 is 44.7 Å². The zero-order valence-corrected chi connectivity index (χ0v) is 24.9. The topological polar surface area (TPSA) is 185 Å². The van der Waals surface area contributed by atoms with Crippen molar-refractivity contribution in [1.29, 1.82) is 0 Å². The van der Waals surface area contributed by atoms with Crippen LogP contribution in [0, 0.1) is 5.92 Å². The molecular weight excluding hydrogens is 572 g/mol. The van der Waals surface area contributed by atoms with Gasteiger partial charge in [0.15, 0.2) is 11.5 Å². The van der Waals surface area contributed by atoms with Gasteiger partial charge in [0, 0.05) is 24.3 Å². The molecule has 13 nitrogen and oxygen atoms in total. The van der Waals surface area contributed by atoms with Crippen LogP contribution in [0.4, 0.5) is 17.2 Å². The minimum absolute atomic E-state index is 0.0353. The molecule has 0 unspecified atom stereocenters. The average molecular weight is 605 g/mol. The number of nitrogens with zero attached hydrogens (tertiary/aromatic N) is 5. The van der Waals surface area contributed by atoms with Gasteiger partial charge in [0.1, 0.15) is 11.2 Å². The molecule has 1 fully saturated rings. The van der Waals surface area contributed by atoms with Crippen LogP contribution in [0.1, 0.15) is 65.6 Å². The first-order valence-corrected chi connectivity index (χ1v) is 15.7. The fourth-order valence-electron chi connectivity index (χ4n) is 5.42. The van der Waals surface area contributed by atoms with Gasteiger partial charge in [-0.3, -0.25) is 19.3 Å². The molecule has 0 spiro atoms. The third-order valence-electron chi connectivity index (χ3n) is 7.81. The Morgan fingerprint density at radius 3 is 2.58 bits per heavy atom. The Hall–Kier alpha value is -4.56. The molecule has 1 aliphatic heterocycles. The van der Waals surface area contributed by atoms with E-state index in [-0.39, 0.29) is 34.7 Å². The van der Waals surface area contributed by atoms with E-state index in [4.69, 9.17) is 5.73 Å². The lowest BCUT2D eigenvalue weighted by atomic mass is 10.0. The van der Waals surface area contributed by atoms with E-state index in [9.17, 15) is 23.1 Å². The van der Waals surface area contributed by atoms with Crippen molar-refractivity contribution in [2.45, 2.75) is 51.8 Å². The maximum Gasteiger partial charge on any atom is 0.263 e. The number of aliphatic hydroxyl groups is 1. The lowest BCUT2D eigenvalue weighted by Gasteiger charge is -2.24. The molecule has 43 heavy (non-hydrogen) atoms. The number of anilines is 3. The summed E-state index contributed by atoms with van der Waals surface area (Å²) in [6.07, 6.45) is 6.21. The number of benzene rings is 1. The molecule has 1 saturated carbocycles. The highest BCUT2D eigenvalue weighted by Gasteiger charge is 2.40. The Labute approximate surface area is 248 Å². The van der Waals surface area contributed by atoms with E-state index < -0.39 is 21.5 Å². The number of hydrogen-bond acceptors (Lipinski definition) is 9. The van der Waals surface area contributed by atoms with Crippen molar-refractivity contribution in [3.63, 3.8) is 0 Å². The number of nitrogens with two attached hydrogens (primary N) is 1. The summed E-state index contributed by atoms with van der Waals surface area (Å²) in [5.41, 5.74) is 8.25. The Balaban J connectivity index is 1.37. The summed E-state index contributed by atoms with van der Waals surface area (Å²) in [6, 6.07) is 8.35. The number of nitrogen functional groups attached to an aromatic ring is 1. The smallest absolute Gasteiger partial charge is 0.263 e. The molecule has 0 saturated heterocycles. The van der Waals surface area contributed by atoms with E-state index in [0.717, 1.165) is 19.1 Å². The minimum atomic E-state index is -3.70. The van der Waals surface area contributed by atoms with Crippen LogP contribution >= 0.6 is 0 Å². The summed E-state index contributed by atoms with van der Waals surface area (Å²) in [5.74, 6) is -0.353. The van der Waals surface area contributed by atoms with E-state index in [2.05, 4.69) is 25.1 Å². The zero-order valence-electron chi connectivity index (χ0n) is 24.1. The van der Waals surface area contributed by atoms with Crippen LogP contribution in [-0.2, 0) is 22.2 Å². The quantitative estimate of drug-likeness (QED) is 0.235. The van der Waals surface area contributed by atoms with Gasteiger partial charge in [-0.2, -0.15) is 0 Å². The van der Waals surface area contributed by atoms with Crippen molar-refractivity contribution in [3.05, 3.63) is 65.1 Å². The molecule has 224 valence electrons. The number of fused-ring (bicyclic) bond motifs is 2. The molecule has 4 heterocycles. The molecule has 6 rings (SSSR count). The summed E-state index contributed by atoms with van der Waals surface area (Å²) < 4.78 is 28.4. The monoisotopic (exact) mass is 604 g/mol. The molecule has 1 atom stereocenters. The predicted molar refractivity (Wildman–Crippen MR) is 161 cm³/mol. The van der Waals surface area contributed by atoms with Gasteiger partial charge in [-0.1, -0.05) is 0 Å². The molecule has 0 radical (unpaired) electrons. The molecule has 1 aromatic carbocycles. The molecular formula is C29H32N8O5S. The van der Waals surface area contributed by atoms with Crippen LogP contribution in [0.5, 0.6) is 0 Å². The van der Waals surface area contributed by atoms with Gasteiger partial charge in [0.25, 0.3) is 11.8 Å². The second-order valence-corrected chi connectivity index (χ2v) is 13.5. The van der Waals surface area contributed by atoms with Crippen LogP contribution in [0.3, 0.4) is 0 Å². The van der Waals surface area contributed by atoms with Crippen molar-refractivity contribution < 1.29 is 23.1 Å². The lowest BCUT2D eigenvalue weighted by Crippen LogP contribution is -2.34. The van der Waals surface area contributed by atoms with Crippen LogP contribution in [0.25, 0.3) is 16.9 Å². The Kier molecular flexibility index (Phi) is 6.65. The molecule has 5 N–H and O–H groups in total. The lowest BCUT2D eigenvalue weighted by molar-refractivity contribution is 0.0697. The summed E-state index contributed by atoms with van der Waals surface area (Å²) in [6.45, 7) is 5.60. The number of nitrogens with one attached hydrogen (secondary N) is 2. The summed E-state index contributed by atoms with van der Waals surface area (Å²) in [7, 11) is -3.70. The highest BCUT2D eigenvalue weighted by molar-refractivity contribution is 7.92. The molecule has 2 amide bonds. The largest absolute Gasteiger partial charge is 0.384 e. The second kappa shape index (κ2) is 10.0. The normalized spacial score (nSPS) is 15.9. The standard InChI is InChI=1S/C29H32N8O5S/c1-15(16-5-6-16)36-14-18-11-17(12-21(23(18)28(36)39)35-43(4,41)42)20-9-10-37-26(33-20)24(25(30)34-37)27(38)32-19-7-8-22(31-13-19)29(2,3)40/h7-13,15-16,35,40H,5-6,14H2,1-4H3,(H2,30,34)(H,32,38)/t15-/m0/s1. The number of pyridine rings is 1. The molecule has 3 aromatic heterocycles. The van der Waals surface area contributed by atoms with Gasteiger partial charge in [-0.15, -0.1) is 5.10 Å². The van der Waals surface area contributed by atoms with Crippen LogP contribution < -0.4 is 15.8 Å². The zero-order chi connectivity index (χ0) is 30.8. The number of hydrogen-bond donors (Lipinski definition) is 4. The Morgan fingerprint density at radius 1 is 1.21 bits per heavy atom. The number of amides is 2. The first kappa shape index (κ1) is 28.6. The van der Waals surface area contributed by atoms with Crippen molar-refractivity contribution in [1.82, 2.24) is 24.5 Å². The third kappa shape index (κ3) is 5.50. The van der Waals surface area contributed by atoms with E-state index in [0.29, 0.717) is 46.2 Å². The fraction of sp³-hybridized carbons (Fsp3) is 0.345. The highest BCUT2D eigenvalue weighted by Crippen LogP contribution is 2.41. The van der Waals surface area contributed by atoms with Gasteiger partial charge < -0.3 is 21.1 Å². The molecule has 0 bridgehead atoms. The van der Waals surface area contributed by atoms with E-state index in [1.807, 2.05) is 13.0 Å². The maximum atomic E-state index is 13.4. The summed E-state index contributed by atoms with van der Waals surface area (Å²) >= 11 is 0. The van der Waals surface area contributed by atoms with E-state index in [1.165, 1.54) is 10.7 Å². The van der Waals surface area contributed by atoms with Crippen molar-refractivity contribution in [2.24, 2.45) is 5.92 Å². The predicted octanol–water partition coefficient (Wildman–Crippen LogP) is 2.98. The van der Waals surface area contributed by atoms with Gasteiger partial charge in [-0.05, 0) is 75.4 Å². The Morgan fingerprint density at radius 2 is 1.95 bits per heavy atom. The van der Waals surface area contributed by atoms with Gasteiger partial charge >= 0.3 is 0 Å². The van der Waals surface area contributed by atoms with Crippen molar-refractivity contribution in [3.8, 4) is 11.3 Å². The number of aromatic nitrogens is 4. The van der Waals surface area contributed by atoms with Crippen LogP contribution in [0.2, 0.25) is 0 Å². The summed E-state index contributed by atoms with van der Waals surface area (Å²) in [5, 5.41) is 17.1. The fourth-order valence-corrected chi connectivity index (χ4v) is 5.98.